The minimum atomic E-state index is 1.23. The zero-order valence-corrected chi connectivity index (χ0v) is 6.98. The van der Waals surface area contributed by atoms with Gasteiger partial charge in [0.2, 0.25) is 0 Å². The van der Waals surface area contributed by atoms with Gasteiger partial charge in [0, 0.05) is 0 Å². The number of hydrogen-bond donors (Lipinski definition) is 0. The van der Waals surface area contributed by atoms with Crippen molar-refractivity contribution >= 4 is 0 Å². The van der Waals surface area contributed by atoms with Crippen LogP contribution in [0.1, 0.15) is 0 Å². The average molecular weight is 156 g/mol. The van der Waals surface area contributed by atoms with Crippen LogP contribution in [0.3, 0.4) is 0 Å². The molecule has 0 heteroatoms. The van der Waals surface area contributed by atoms with Crippen molar-refractivity contribution in [2.75, 3.05) is 0 Å². The minimum absolute atomic E-state index is 1.23. The summed E-state index contributed by atoms with van der Waals surface area (Å²) in [6, 6.07) is 0. The predicted octanol–water partition coefficient (Wildman–Crippen LogP) is 3.34. The lowest BCUT2D eigenvalue weighted by molar-refractivity contribution is 1.75. The van der Waals surface area contributed by atoms with E-state index >= 15 is 0 Å². The Morgan fingerprint density at radius 3 is 2.25 bits per heavy atom. The molecule has 1 rings (SSSR count). The molecule has 0 N–H and O–H groups in total. The second kappa shape index (κ2) is 5.14. The van der Waals surface area contributed by atoms with Crippen LogP contribution in [0.5, 0.6) is 0 Å². The van der Waals surface area contributed by atoms with Gasteiger partial charge in [-0.05, 0) is 5.57 Å². The van der Waals surface area contributed by atoms with Gasteiger partial charge in [0.25, 0.3) is 0 Å². The van der Waals surface area contributed by atoms with E-state index in [4.69, 9.17) is 0 Å². The Balaban J connectivity index is 2.42. The van der Waals surface area contributed by atoms with Gasteiger partial charge >= 0.3 is 0 Å². The summed E-state index contributed by atoms with van der Waals surface area (Å²) < 4.78 is 0. The van der Waals surface area contributed by atoms with Gasteiger partial charge < -0.3 is 0 Å². The number of allylic oxidation sites excluding steroid dienone is 11. The highest BCUT2D eigenvalue weighted by molar-refractivity contribution is 5.42. The SMILES string of the molecule is C=C/C=C/C=C/C=C1C=CC=C1. The third-order valence-electron chi connectivity index (χ3n) is 1.45. The molecule has 0 amide bonds. The van der Waals surface area contributed by atoms with Crippen LogP contribution in [0, 0.1) is 0 Å². The Bertz CT molecular complexity index is 269. The third-order valence-corrected chi connectivity index (χ3v) is 1.45. The molecule has 0 saturated heterocycles. The fraction of sp³-hybridized carbons (Fsp3) is 0. The van der Waals surface area contributed by atoms with Gasteiger partial charge in [-0.1, -0.05) is 67.3 Å². The first-order valence-corrected chi connectivity index (χ1v) is 3.94. The van der Waals surface area contributed by atoms with Crippen LogP contribution in [0.4, 0.5) is 0 Å². The Labute approximate surface area is 73.6 Å². The van der Waals surface area contributed by atoms with E-state index in [0.717, 1.165) is 0 Å². The molecule has 1 aliphatic carbocycles. The first kappa shape index (κ1) is 8.54. The molecule has 0 nitrogen and oxygen atoms in total. The highest BCUT2D eigenvalue weighted by atomic mass is 13.9. The maximum Gasteiger partial charge on any atom is -0.0257 e. The smallest absolute Gasteiger partial charge is 0.0257 e. The molecule has 0 atom stereocenters. The van der Waals surface area contributed by atoms with Gasteiger partial charge in [-0.3, -0.25) is 0 Å². The molecular weight excluding hydrogens is 144 g/mol. The van der Waals surface area contributed by atoms with E-state index in [1.807, 2.05) is 36.5 Å². The van der Waals surface area contributed by atoms with E-state index < -0.39 is 0 Å². The van der Waals surface area contributed by atoms with Crippen molar-refractivity contribution in [1.29, 1.82) is 0 Å². The second-order valence-electron chi connectivity index (χ2n) is 2.39. The van der Waals surface area contributed by atoms with E-state index in [0.29, 0.717) is 0 Å². The summed E-state index contributed by atoms with van der Waals surface area (Å²) in [5.41, 5.74) is 1.23. The summed E-state index contributed by atoms with van der Waals surface area (Å²) in [6.45, 7) is 3.58. The first-order valence-electron chi connectivity index (χ1n) is 3.94. The van der Waals surface area contributed by atoms with E-state index in [1.165, 1.54) is 5.57 Å². The molecule has 0 spiro atoms. The molecule has 0 saturated carbocycles. The summed E-state index contributed by atoms with van der Waals surface area (Å²) in [5.74, 6) is 0. The minimum Gasteiger partial charge on any atom is -0.0991 e. The van der Waals surface area contributed by atoms with Crippen molar-refractivity contribution in [2.45, 2.75) is 0 Å². The molecule has 1 aliphatic rings. The van der Waals surface area contributed by atoms with Gasteiger partial charge in [-0.2, -0.15) is 0 Å². The van der Waals surface area contributed by atoms with Gasteiger partial charge in [-0.15, -0.1) is 0 Å². The highest BCUT2D eigenvalue weighted by Gasteiger charge is 1.85. The largest absolute Gasteiger partial charge is 0.0991 e. The van der Waals surface area contributed by atoms with Crippen molar-refractivity contribution in [3.05, 3.63) is 72.9 Å². The summed E-state index contributed by atoms with van der Waals surface area (Å²) in [6.07, 6.45) is 19.9. The molecule has 0 bridgehead atoms. The van der Waals surface area contributed by atoms with Crippen LogP contribution in [-0.4, -0.2) is 0 Å². The molecule has 0 unspecified atom stereocenters. The molecule has 0 fully saturated rings. The van der Waals surface area contributed by atoms with E-state index in [-0.39, 0.29) is 0 Å². The zero-order chi connectivity index (χ0) is 8.65. The fourth-order valence-corrected chi connectivity index (χ4v) is 0.874. The molecule has 0 aromatic heterocycles. The molecule has 0 aromatic rings. The fourth-order valence-electron chi connectivity index (χ4n) is 0.874. The molecule has 0 aromatic carbocycles. The topological polar surface area (TPSA) is 0 Å². The number of rotatable bonds is 3. The van der Waals surface area contributed by atoms with Crippen LogP contribution in [0.2, 0.25) is 0 Å². The summed E-state index contributed by atoms with van der Waals surface area (Å²) in [4.78, 5) is 0. The maximum absolute atomic E-state index is 3.58. The van der Waals surface area contributed by atoms with Crippen molar-refractivity contribution in [3.8, 4) is 0 Å². The number of hydrogen-bond acceptors (Lipinski definition) is 0. The second-order valence-corrected chi connectivity index (χ2v) is 2.39. The highest BCUT2D eigenvalue weighted by Crippen LogP contribution is 2.06. The van der Waals surface area contributed by atoms with Crippen molar-refractivity contribution in [3.63, 3.8) is 0 Å². The average Bonchev–Trinajstić information content (AvgIpc) is 2.57. The maximum atomic E-state index is 3.58. The molecule has 12 heavy (non-hydrogen) atoms. The Hall–Kier alpha value is -1.56. The lowest BCUT2D eigenvalue weighted by Gasteiger charge is -1.81. The van der Waals surface area contributed by atoms with E-state index in [1.54, 1.807) is 6.08 Å². The van der Waals surface area contributed by atoms with Crippen LogP contribution < -0.4 is 0 Å². The third kappa shape index (κ3) is 3.02. The molecule has 0 aliphatic heterocycles. The van der Waals surface area contributed by atoms with Crippen LogP contribution in [-0.2, 0) is 0 Å². The Kier molecular flexibility index (Phi) is 3.65. The zero-order valence-electron chi connectivity index (χ0n) is 6.98. The van der Waals surface area contributed by atoms with Crippen LogP contribution in [0.25, 0.3) is 0 Å². The molecule has 0 radical (unpaired) electrons. The van der Waals surface area contributed by atoms with Crippen molar-refractivity contribution in [2.24, 2.45) is 0 Å². The summed E-state index contributed by atoms with van der Waals surface area (Å²) in [5, 5.41) is 0. The lowest BCUT2D eigenvalue weighted by Crippen LogP contribution is -1.61. The van der Waals surface area contributed by atoms with Crippen molar-refractivity contribution in [1.82, 2.24) is 0 Å². The van der Waals surface area contributed by atoms with Crippen LogP contribution in [0.15, 0.2) is 72.9 Å². The molecule has 60 valence electrons. The monoisotopic (exact) mass is 156 g/mol. The lowest BCUT2D eigenvalue weighted by atomic mass is 10.2. The molecule has 0 heterocycles. The van der Waals surface area contributed by atoms with Gasteiger partial charge in [0.05, 0.1) is 0 Å². The first-order chi connectivity index (χ1) is 5.93. The Morgan fingerprint density at radius 1 is 0.917 bits per heavy atom. The Morgan fingerprint density at radius 2 is 1.58 bits per heavy atom. The summed E-state index contributed by atoms with van der Waals surface area (Å²) >= 11 is 0. The summed E-state index contributed by atoms with van der Waals surface area (Å²) in [7, 11) is 0. The van der Waals surface area contributed by atoms with Gasteiger partial charge in [0.15, 0.2) is 0 Å². The quantitative estimate of drug-likeness (QED) is 0.550. The molecular formula is C12H12. The van der Waals surface area contributed by atoms with Crippen molar-refractivity contribution < 1.29 is 0 Å². The van der Waals surface area contributed by atoms with E-state index in [9.17, 15) is 0 Å². The van der Waals surface area contributed by atoms with Crippen LogP contribution >= 0.6 is 0 Å². The van der Waals surface area contributed by atoms with Gasteiger partial charge in [-0.25, -0.2) is 0 Å². The van der Waals surface area contributed by atoms with Gasteiger partial charge in [0.1, 0.15) is 0 Å². The standard InChI is InChI=1S/C12H12/c1-2-3-4-5-6-9-12-10-7-8-11-12/h2-11H,1H2/b4-3+,6-5+. The van der Waals surface area contributed by atoms with E-state index in [2.05, 4.69) is 24.8 Å². The normalized spacial score (nSPS) is 15.2. The predicted molar refractivity (Wildman–Crippen MR) is 54.8 cm³/mol.